The van der Waals surface area contributed by atoms with E-state index in [9.17, 15) is 13.6 Å². The summed E-state index contributed by atoms with van der Waals surface area (Å²) in [6.07, 6.45) is 0. The van der Waals surface area contributed by atoms with E-state index < -0.39 is 11.6 Å². The third kappa shape index (κ3) is 2.76. The monoisotopic (exact) mass is 325 g/mol. The molecule has 7 heteroatoms. The van der Waals surface area contributed by atoms with Crippen molar-refractivity contribution in [2.24, 2.45) is 0 Å². The van der Waals surface area contributed by atoms with Gasteiger partial charge in [0, 0.05) is 31.8 Å². The zero-order valence-electron chi connectivity index (χ0n) is 11.9. The molecule has 4 nitrogen and oxygen atoms in total. The molecule has 0 unspecified atom stereocenters. The fraction of sp³-hybridized carbons (Fsp3) is 0.333. The highest BCUT2D eigenvalue weighted by Crippen LogP contribution is 2.31. The summed E-state index contributed by atoms with van der Waals surface area (Å²) in [7, 11) is 0. The van der Waals surface area contributed by atoms with Crippen molar-refractivity contribution in [1.29, 1.82) is 0 Å². The molecule has 22 heavy (non-hydrogen) atoms. The van der Waals surface area contributed by atoms with Crippen LogP contribution in [-0.4, -0.2) is 35.4 Å². The van der Waals surface area contributed by atoms with E-state index in [-0.39, 0.29) is 28.4 Å². The van der Waals surface area contributed by atoms with Crippen LogP contribution in [0.25, 0.3) is 10.9 Å². The molecule has 1 fully saturated rings. The molecule has 0 saturated carbocycles. The Hall–Kier alpha value is -1.79. The second-order valence-corrected chi connectivity index (χ2v) is 5.72. The first-order chi connectivity index (χ1) is 10.5. The number of rotatable bonds is 2. The summed E-state index contributed by atoms with van der Waals surface area (Å²) in [6, 6.07) is 1.96. The van der Waals surface area contributed by atoms with Crippen LogP contribution in [0.15, 0.2) is 12.1 Å². The molecule has 1 aromatic heterocycles. The Bertz CT molecular complexity index is 766. The van der Waals surface area contributed by atoms with Crippen LogP contribution < -0.4 is 5.32 Å². The molecule has 1 aliphatic rings. The Balaban J connectivity index is 2.03. The normalized spacial score (nSPS) is 16.1. The summed E-state index contributed by atoms with van der Waals surface area (Å²) >= 11 is 6.23. The van der Waals surface area contributed by atoms with E-state index in [2.05, 4.69) is 10.3 Å². The maximum atomic E-state index is 13.9. The van der Waals surface area contributed by atoms with Crippen molar-refractivity contribution in [2.45, 2.75) is 13.5 Å². The van der Waals surface area contributed by atoms with E-state index in [1.54, 1.807) is 6.92 Å². The number of benzene rings is 1. The SMILES string of the molecule is Cc1c(CN2CCNC(=O)C2)nc2cc(F)cc(F)c2c1Cl. The smallest absolute Gasteiger partial charge is 0.234 e. The van der Waals surface area contributed by atoms with Crippen molar-refractivity contribution in [3.8, 4) is 0 Å². The fourth-order valence-electron chi connectivity index (χ4n) is 2.60. The van der Waals surface area contributed by atoms with Gasteiger partial charge in [0.25, 0.3) is 0 Å². The number of hydrogen-bond acceptors (Lipinski definition) is 3. The topological polar surface area (TPSA) is 45.2 Å². The molecule has 1 saturated heterocycles. The summed E-state index contributed by atoms with van der Waals surface area (Å²) in [5.41, 5.74) is 1.45. The van der Waals surface area contributed by atoms with Crippen molar-refractivity contribution < 1.29 is 13.6 Å². The number of carbonyl (C=O) groups is 1. The molecule has 0 bridgehead atoms. The van der Waals surface area contributed by atoms with Gasteiger partial charge in [0.05, 0.1) is 28.2 Å². The standard InChI is InChI=1S/C15H14ClF2N3O/c1-8-12(6-21-3-2-19-13(22)7-21)20-11-5-9(17)4-10(18)14(11)15(8)16/h4-5H,2-3,6-7H2,1H3,(H,19,22). The van der Waals surface area contributed by atoms with E-state index in [0.717, 1.165) is 12.1 Å². The number of halogens is 3. The summed E-state index contributed by atoms with van der Waals surface area (Å²) in [5.74, 6) is -1.46. The van der Waals surface area contributed by atoms with Crippen molar-refractivity contribution in [1.82, 2.24) is 15.2 Å². The third-order valence-corrected chi connectivity index (χ3v) is 4.23. The first-order valence-electron chi connectivity index (χ1n) is 6.88. The zero-order chi connectivity index (χ0) is 15.9. The molecule has 1 aliphatic heterocycles. The molecule has 1 N–H and O–H groups in total. The molecule has 0 atom stereocenters. The lowest BCUT2D eigenvalue weighted by Crippen LogP contribution is -2.47. The molecule has 0 aliphatic carbocycles. The lowest BCUT2D eigenvalue weighted by molar-refractivity contribution is -0.124. The number of pyridine rings is 1. The summed E-state index contributed by atoms with van der Waals surface area (Å²) in [6.45, 7) is 3.70. The van der Waals surface area contributed by atoms with Crippen molar-refractivity contribution in [3.05, 3.63) is 40.0 Å². The number of piperazine rings is 1. The van der Waals surface area contributed by atoms with Gasteiger partial charge in [0.2, 0.25) is 5.91 Å². The lowest BCUT2D eigenvalue weighted by atomic mass is 10.1. The first kappa shape index (κ1) is 15.1. The highest BCUT2D eigenvalue weighted by atomic mass is 35.5. The second kappa shape index (κ2) is 5.78. The number of amides is 1. The highest BCUT2D eigenvalue weighted by molar-refractivity contribution is 6.36. The van der Waals surface area contributed by atoms with Gasteiger partial charge in [-0.3, -0.25) is 14.7 Å². The van der Waals surface area contributed by atoms with E-state index in [1.807, 2.05) is 4.90 Å². The molecule has 1 aromatic carbocycles. The van der Waals surface area contributed by atoms with Crippen LogP contribution in [0, 0.1) is 18.6 Å². The van der Waals surface area contributed by atoms with Gasteiger partial charge in [0.1, 0.15) is 11.6 Å². The van der Waals surface area contributed by atoms with Gasteiger partial charge in [-0.15, -0.1) is 0 Å². The van der Waals surface area contributed by atoms with Crippen LogP contribution in [0.2, 0.25) is 5.02 Å². The van der Waals surface area contributed by atoms with Gasteiger partial charge >= 0.3 is 0 Å². The molecule has 2 heterocycles. The van der Waals surface area contributed by atoms with Crippen LogP contribution in [-0.2, 0) is 11.3 Å². The largest absolute Gasteiger partial charge is 0.354 e. The third-order valence-electron chi connectivity index (χ3n) is 3.76. The number of fused-ring (bicyclic) bond motifs is 1. The van der Waals surface area contributed by atoms with Crippen molar-refractivity contribution in [3.63, 3.8) is 0 Å². The Morgan fingerprint density at radius 2 is 2.18 bits per heavy atom. The van der Waals surface area contributed by atoms with Crippen LogP contribution in [0.5, 0.6) is 0 Å². The quantitative estimate of drug-likeness (QED) is 0.922. The number of nitrogens with zero attached hydrogens (tertiary/aromatic N) is 2. The number of carbonyl (C=O) groups excluding carboxylic acids is 1. The molecule has 3 rings (SSSR count). The van der Waals surface area contributed by atoms with Crippen LogP contribution in [0.1, 0.15) is 11.3 Å². The van der Waals surface area contributed by atoms with E-state index in [1.165, 1.54) is 0 Å². The predicted molar refractivity (Wildman–Crippen MR) is 79.7 cm³/mol. The van der Waals surface area contributed by atoms with Crippen LogP contribution >= 0.6 is 11.6 Å². The molecule has 0 radical (unpaired) electrons. The highest BCUT2D eigenvalue weighted by Gasteiger charge is 2.20. The summed E-state index contributed by atoms with van der Waals surface area (Å²) in [4.78, 5) is 17.7. The Kier molecular flexibility index (Phi) is 3.97. The van der Waals surface area contributed by atoms with Gasteiger partial charge in [-0.2, -0.15) is 0 Å². The minimum absolute atomic E-state index is 0.0483. The average Bonchev–Trinajstić information content (AvgIpc) is 2.43. The molecular formula is C15H14ClF2N3O. The molecule has 1 amide bonds. The number of hydrogen-bond donors (Lipinski definition) is 1. The van der Waals surface area contributed by atoms with E-state index >= 15 is 0 Å². The molecular weight excluding hydrogens is 312 g/mol. The van der Waals surface area contributed by atoms with Crippen molar-refractivity contribution in [2.75, 3.05) is 19.6 Å². The van der Waals surface area contributed by atoms with Gasteiger partial charge in [-0.05, 0) is 12.5 Å². The van der Waals surface area contributed by atoms with Crippen LogP contribution in [0.4, 0.5) is 8.78 Å². The van der Waals surface area contributed by atoms with Gasteiger partial charge in [0.15, 0.2) is 0 Å². The lowest BCUT2D eigenvalue weighted by Gasteiger charge is -2.26. The zero-order valence-corrected chi connectivity index (χ0v) is 12.7. The predicted octanol–water partition coefficient (Wildman–Crippen LogP) is 2.41. The van der Waals surface area contributed by atoms with E-state index in [4.69, 9.17) is 11.6 Å². The first-order valence-corrected chi connectivity index (χ1v) is 7.26. The molecule has 0 spiro atoms. The Labute approximate surface area is 131 Å². The minimum Gasteiger partial charge on any atom is -0.354 e. The second-order valence-electron chi connectivity index (χ2n) is 5.34. The maximum absolute atomic E-state index is 13.9. The maximum Gasteiger partial charge on any atom is 0.234 e. The van der Waals surface area contributed by atoms with Gasteiger partial charge < -0.3 is 5.32 Å². The van der Waals surface area contributed by atoms with Gasteiger partial charge in [-0.1, -0.05) is 11.6 Å². The number of nitrogens with one attached hydrogen (secondary N) is 1. The van der Waals surface area contributed by atoms with E-state index in [0.29, 0.717) is 30.9 Å². The molecule has 2 aromatic rings. The Morgan fingerprint density at radius 3 is 2.91 bits per heavy atom. The van der Waals surface area contributed by atoms with Crippen LogP contribution in [0.3, 0.4) is 0 Å². The Morgan fingerprint density at radius 1 is 1.41 bits per heavy atom. The average molecular weight is 326 g/mol. The fourth-order valence-corrected chi connectivity index (χ4v) is 2.90. The number of aromatic nitrogens is 1. The molecule has 116 valence electrons. The van der Waals surface area contributed by atoms with Gasteiger partial charge in [-0.25, -0.2) is 8.78 Å². The summed E-state index contributed by atoms with van der Waals surface area (Å²) in [5, 5.41) is 3.10. The summed E-state index contributed by atoms with van der Waals surface area (Å²) < 4.78 is 27.3. The minimum atomic E-state index is -0.723. The van der Waals surface area contributed by atoms with Crippen molar-refractivity contribution >= 4 is 28.4 Å².